The summed E-state index contributed by atoms with van der Waals surface area (Å²) in [6.45, 7) is 0. The zero-order valence-corrected chi connectivity index (χ0v) is 13.9. The van der Waals surface area contributed by atoms with Gasteiger partial charge in [0.1, 0.15) is 0 Å². The zero-order valence-electron chi connectivity index (χ0n) is 12.3. The highest BCUT2D eigenvalue weighted by atomic mass is 32.2. The van der Waals surface area contributed by atoms with Crippen LogP contribution in [0, 0.1) is 0 Å². The van der Waals surface area contributed by atoms with Crippen LogP contribution < -0.4 is 0 Å². The van der Waals surface area contributed by atoms with Gasteiger partial charge in [0, 0.05) is 11.6 Å². The Morgan fingerprint density at radius 3 is 2.84 bits per heavy atom. The van der Waals surface area contributed by atoms with Crippen molar-refractivity contribution in [3.05, 3.63) is 46.5 Å². The average molecular weight is 383 g/mol. The van der Waals surface area contributed by atoms with Gasteiger partial charge in [-0.05, 0) is 23.6 Å². The first kappa shape index (κ1) is 16.1. The largest absolute Gasteiger partial charge is 0.417 e. The van der Waals surface area contributed by atoms with Gasteiger partial charge in [-0.2, -0.15) is 29.5 Å². The van der Waals surface area contributed by atoms with Gasteiger partial charge in [-0.25, -0.2) is 0 Å². The molecule has 0 aromatic carbocycles. The van der Waals surface area contributed by atoms with E-state index in [1.807, 2.05) is 16.8 Å². The molecule has 0 N–H and O–H groups in total. The van der Waals surface area contributed by atoms with Gasteiger partial charge in [-0.1, -0.05) is 16.9 Å². The fraction of sp³-hybridized carbons (Fsp3) is 0.143. The Morgan fingerprint density at radius 1 is 1.20 bits per heavy atom. The smallest absolute Gasteiger partial charge is 0.334 e. The summed E-state index contributed by atoms with van der Waals surface area (Å²) in [5, 5.41) is 15.7. The molecule has 4 heterocycles. The maximum atomic E-state index is 12.8. The summed E-state index contributed by atoms with van der Waals surface area (Å²) in [7, 11) is 0. The van der Waals surface area contributed by atoms with E-state index in [1.165, 1.54) is 33.6 Å². The summed E-state index contributed by atoms with van der Waals surface area (Å²) >= 11 is 2.69. The van der Waals surface area contributed by atoms with Crippen molar-refractivity contribution in [2.45, 2.75) is 17.1 Å². The van der Waals surface area contributed by atoms with Crippen molar-refractivity contribution in [1.82, 2.24) is 24.7 Å². The van der Waals surface area contributed by atoms with Gasteiger partial charge in [0.2, 0.25) is 0 Å². The van der Waals surface area contributed by atoms with E-state index in [9.17, 15) is 13.2 Å². The van der Waals surface area contributed by atoms with E-state index < -0.39 is 11.7 Å². The molecule has 0 fully saturated rings. The van der Waals surface area contributed by atoms with Crippen molar-refractivity contribution in [3.63, 3.8) is 0 Å². The molecule has 25 heavy (non-hydrogen) atoms. The normalized spacial score (nSPS) is 12.1. The van der Waals surface area contributed by atoms with Crippen molar-refractivity contribution in [1.29, 1.82) is 0 Å². The van der Waals surface area contributed by atoms with Crippen LogP contribution in [0.3, 0.4) is 0 Å². The molecule has 0 aliphatic heterocycles. The Kier molecular flexibility index (Phi) is 3.96. The Labute approximate surface area is 146 Å². The van der Waals surface area contributed by atoms with E-state index in [0.29, 0.717) is 28.3 Å². The Morgan fingerprint density at radius 2 is 2.08 bits per heavy atom. The number of thiophene rings is 1. The SMILES string of the molecule is FC(F)(F)c1ccc2nnc(SCc3noc(-c4ccsc4)n3)n2c1. The molecule has 0 aliphatic rings. The Balaban J connectivity index is 1.55. The first-order chi connectivity index (χ1) is 12.0. The third kappa shape index (κ3) is 3.24. The first-order valence-corrected chi connectivity index (χ1v) is 8.83. The van der Waals surface area contributed by atoms with E-state index in [2.05, 4.69) is 20.3 Å². The molecule has 11 heteroatoms. The number of halogens is 3. The predicted octanol–water partition coefficient (Wildman–Crippen LogP) is 4.15. The second kappa shape index (κ2) is 6.15. The fourth-order valence-corrected chi connectivity index (χ4v) is 3.47. The summed E-state index contributed by atoms with van der Waals surface area (Å²) < 4.78 is 45.0. The molecular weight excluding hydrogens is 375 g/mol. The number of pyridine rings is 1. The van der Waals surface area contributed by atoms with Crippen LogP contribution in [-0.4, -0.2) is 24.7 Å². The van der Waals surface area contributed by atoms with Gasteiger partial charge in [-0.3, -0.25) is 4.40 Å². The second-order valence-electron chi connectivity index (χ2n) is 4.94. The number of nitrogens with zero attached hydrogens (tertiary/aromatic N) is 5. The lowest BCUT2D eigenvalue weighted by molar-refractivity contribution is -0.137. The van der Waals surface area contributed by atoms with Gasteiger partial charge in [-0.15, -0.1) is 10.2 Å². The highest BCUT2D eigenvalue weighted by molar-refractivity contribution is 7.98. The highest BCUT2D eigenvalue weighted by Crippen LogP contribution is 2.30. The maximum absolute atomic E-state index is 12.8. The summed E-state index contributed by atoms with van der Waals surface area (Å²) in [6, 6.07) is 4.12. The summed E-state index contributed by atoms with van der Waals surface area (Å²) in [5.41, 5.74) is 0.403. The molecular formula is C14H8F3N5OS2. The second-order valence-corrected chi connectivity index (χ2v) is 6.67. The number of thioether (sulfide) groups is 1. The Bertz CT molecular complexity index is 1010. The molecule has 0 aliphatic carbocycles. The van der Waals surface area contributed by atoms with E-state index in [4.69, 9.17) is 4.52 Å². The molecule has 0 radical (unpaired) electrons. The van der Waals surface area contributed by atoms with Crippen molar-refractivity contribution < 1.29 is 17.7 Å². The Hall–Kier alpha value is -2.40. The molecule has 128 valence electrons. The quantitative estimate of drug-likeness (QED) is 0.493. The van der Waals surface area contributed by atoms with E-state index in [0.717, 1.165) is 17.8 Å². The minimum Gasteiger partial charge on any atom is -0.334 e. The van der Waals surface area contributed by atoms with E-state index >= 15 is 0 Å². The maximum Gasteiger partial charge on any atom is 0.417 e. The average Bonchev–Trinajstić information content (AvgIpc) is 3.31. The third-order valence-corrected chi connectivity index (χ3v) is 4.89. The fourth-order valence-electron chi connectivity index (χ4n) is 2.08. The van der Waals surface area contributed by atoms with Gasteiger partial charge in [0.05, 0.1) is 16.9 Å². The highest BCUT2D eigenvalue weighted by Gasteiger charge is 2.31. The van der Waals surface area contributed by atoms with E-state index in [-0.39, 0.29) is 0 Å². The van der Waals surface area contributed by atoms with E-state index in [1.54, 1.807) is 0 Å². The van der Waals surface area contributed by atoms with Crippen LogP contribution >= 0.6 is 23.1 Å². The first-order valence-electron chi connectivity index (χ1n) is 6.90. The van der Waals surface area contributed by atoms with Crippen molar-refractivity contribution >= 4 is 28.7 Å². The molecule has 4 rings (SSSR count). The lowest BCUT2D eigenvalue weighted by Gasteiger charge is -2.06. The molecule has 0 atom stereocenters. The number of hydrogen-bond donors (Lipinski definition) is 0. The summed E-state index contributed by atoms with van der Waals surface area (Å²) in [4.78, 5) is 4.26. The van der Waals surface area contributed by atoms with Crippen LogP contribution in [0.5, 0.6) is 0 Å². The number of fused-ring (bicyclic) bond motifs is 1. The van der Waals surface area contributed by atoms with Crippen LogP contribution in [0.4, 0.5) is 13.2 Å². The molecule has 0 unspecified atom stereocenters. The van der Waals surface area contributed by atoms with Gasteiger partial charge in [0.15, 0.2) is 16.6 Å². The minimum absolute atomic E-state index is 0.296. The zero-order chi connectivity index (χ0) is 17.4. The molecule has 6 nitrogen and oxygen atoms in total. The van der Waals surface area contributed by atoms with Crippen molar-refractivity contribution in [2.24, 2.45) is 0 Å². The van der Waals surface area contributed by atoms with Gasteiger partial charge < -0.3 is 4.52 Å². The lowest BCUT2D eigenvalue weighted by atomic mass is 10.3. The van der Waals surface area contributed by atoms with Gasteiger partial charge in [0.25, 0.3) is 5.89 Å². The van der Waals surface area contributed by atoms with Crippen LogP contribution in [0.25, 0.3) is 17.1 Å². The number of hydrogen-bond acceptors (Lipinski definition) is 7. The molecule has 0 bridgehead atoms. The van der Waals surface area contributed by atoms with Crippen LogP contribution in [-0.2, 0) is 11.9 Å². The molecule has 4 aromatic rings. The lowest BCUT2D eigenvalue weighted by Crippen LogP contribution is -2.06. The predicted molar refractivity (Wildman–Crippen MR) is 85.2 cm³/mol. The standard InChI is InChI=1S/C14H8F3N5OS2/c15-14(16,17)9-1-2-11-19-20-13(22(11)5-9)25-7-10-18-12(23-21-10)8-3-4-24-6-8/h1-6H,7H2. The summed E-state index contributed by atoms with van der Waals surface area (Å²) in [6.07, 6.45) is -3.45. The van der Waals surface area contributed by atoms with Crippen molar-refractivity contribution in [3.8, 4) is 11.5 Å². The number of alkyl halides is 3. The van der Waals surface area contributed by atoms with Crippen LogP contribution in [0.2, 0.25) is 0 Å². The molecule has 0 saturated carbocycles. The topological polar surface area (TPSA) is 69.1 Å². The number of rotatable bonds is 4. The molecule has 0 spiro atoms. The summed E-state index contributed by atoms with van der Waals surface area (Å²) in [5.74, 6) is 1.13. The molecule has 4 aromatic heterocycles. The van der Waals surface area contributed by atoms with Gasteiger partial charge >= 0.3 is 6.18 Å². The minimum atomic E-state index is -4.43. The van der Waals surface area contributed by atoms with Crippen molar-refractivity contribution in [2.75, 3.05) is 0 Å². The number of aromatic nitrogens is 5. The van der Waals surface area contributed by atoms with Crippen LogP contribution in [0.15, 0.2) is 44.8 Å². The van der Waals surface area contributed by atoms with Crippen LogP contribution in [0.1, 0.15) is 11.4 Å². The monoisotopic (exact) mass is 383 g/mol. The third-order valence-electron chi connectivity index (χ3n) is 3.26. The molecule has 0 amide bonds. The molecule has 0 saturated heterocycles.